The average Bonchev–Trinajstić information content (AvgIpc) is 2.25. The van der Waals surface area contributed by atoms with E-state index in [1.54, 1.807) is 18.3 Å². The summed E-state index contributed by atoms with van der Waals surface area (Å²) in [6, 6.07) is 7.49. The third kappa shape index (κ3) is 3.12. The standard InChI is InChI=1S/C10H10N4/c11-5-1-2-6-13-10-4-3-9(7-12)14-8-10/h3-4,8,13H,1-2,6H2. The van der Waals surface area contributed by atoms with Crippen LogP contribution in [0.5, 0.6) is 0 Å². The molecule has 4 heteroatoms. The Hall–Kier alpha value is -2.07. The highest BCUT2D eigenvalue weighted by Crippen LogP contribution is 2.05. The predicted octanol–water partition coefficient (Wildman–Crippen LogP) is 1.67. The van der Waals surface area contributed by atoms with Gasteiger partial charge in [0.2, 0.25) is 0 Å². The van der Waals surface area contributed by atoms with Crippen molar-refractivity contribution in [1.82, 2.24) is 4.98 Å². The number of rotatable bonds is 4. The van der Waals surface area contributed by atoms with Crippen LogP contribution in [0.3, 0.4) is 0 Å². The molecular weight excluding hydrogens is 176 g/mol. The van der Waals surface area contributed by atoms with Crippen molar-refractivity contribution in [2.24, 2.45) is 0 Å². The number of nitrogens with one attached hydrogen (secondary N) is 1. The molecule has 0 bridgehead atoms. The van der Waals surface area contributed by atoms with Gasteiger partial charge in [0.25, 0.3) is 0 Å². The maximum atomic E-state index is 8.51. The maximum Gasteiger partial charge on any atom is 0.140 e. The predicted molar refractivity (Wildman–Crippen MR) is 52.3 cm³/mol. The van der Waals surface area contributed by atoms with Gasteiger partial charge in [-0.1, -0.05) is 0 Å². The van der Waals surface area contributed by atoms with Crippen molar-refractivity contribution in [3.8, 4) is 12.1 Å². The van der Waals surface area contributed by atoms with E-state index < -0.39 is 0 Å². The summed E-state index contributed by atoms with van der Waals surface area (Å²) in [6.45, 7) is 0.751. The van der Waals surface area contributed by atoms with E-state index in [1.165, 1.54) is 0 Å². The highest BCUT2D eigenvalue weighted by Gasteiger charge is 1.93. The summed E-state index contributed by atoms with van der Waals surface area (Å²) >= 11 is 0. The Bertz CT molecular complexity index is 355. The van der Waals surface area contributed by atoms with Crippen LogP contribution in [0.4, 0.5) is 5.69 Å². The van der Waals surface area contributed by atoms with Crippen molar-refractivity contribution in [3.63, 3.8) is 0 Å². The number of hydrogen-bond acceptors (Lipinski definition) is 4. The quantitative estimate of drug-likeness (QED) is 0.726. The van der Waals surface area contributed by atoms with Gasteiger partial charge < -0.3 is 5.32 Å². The second kappa shape index (κ2) is 5.55. The molecule has 0 amide bonds. The molecule has 0 spiro atoms. The van der Waals surface area contributed by atoms with Gasteiger partial charge in [-0.25, -0.2) is 4.98 Å². The molecule has 1 aromatic rings. The molecule has 70 valence electrons. The fourth-order valence-corrected chi connectivity index (χ4v) is 0.965. The van der Waals surface area contributed by atoms with Gasteiger partial charge in [-0.15, -0.1) is 0 Å². The van der Waals surface area contributed by atoms with E-state index >= 15 is 0 Å². The van der Waals surface area contributed by atoms with Crippen LogP contribution in [0.1, 0.15) is 18.5 Å². The zero-order valence-electron chi connectivity index (χ0n) is 7.70. The minimum absolute atomic E-state index is 0.410. The van der Waals surface area contributed by atoms with Crippen LogP contribution in [-0.2, 0) is 0 Å². The molecule has 0 unspecified atom stereocenters. The van der Waals surface area contributed by atoms with Crippen molar-refractivity contribution in [2.75, 3.05) is 11.9 Å². The SMILES string of the molecule is N#CCCCNc1ccc(C#N)nc1. The molecule has 0 aliphatic carbocycles. The smallest absolute Gasteiger partial charge is 0.140 e. The van der Waals surface area contributed by atoms with Gasteiger partial charge in [0.1, 0.15) is 11.8 Å². The van der Waals surface area contributed by atoms with Crippen LogP contribution < -0.4 is 5.32 Å². The number of nitriles is 2. The van der Waals surface area contributed by atoms with Gasteiger partial charge in [-0.2, -0.15) is 10.5 Å². The summed E-state index contributed by atoms with van der Waals surface area (Å²) in [7, 11) is 0. The minimum atomic E-state index is 0.410. The Morgan fingerprint density at radius 2 is 2.21 bits per heavy atom. The van der Waals surface area contributed by atoms with Crippen LogP contribution >= 0.6 is 0 Å². The lowest BCUT2D eigenvalue weighted by Crippen LogP contribution is -2.01. The van der Waals surface area contributed by atoms with Crippen molar-refractivity contribution in [2.45, 2.75) is 12.8 Å². The van der Waals surface area contributed by atoms with Gasteiger partial charge >= 0.3 is 0 Å². The van der Waals surface area contributed by atoms with Crippen LogP contribution in [-0.4, -0.2) is 11.5 Å². The fraction of sp³-hybridized carbons (Fsp3) is 0.300. The molecule has 0 atom stereocenters. The summed E-state index contributed by atoms with van der Waals surface area (Å²) in [4.78, 5) is 3.91. The molecule has 1 N–H and O–H groups in total. The highest BCUT2D eigenvalue weighted by molar-refractivity contribution is 5.42. The fourth-order valence-electron chi connectivity index (χ4n) is 0.965. The van der Waals surface area contributed by atoms with E-state index in [-0.39, 0.29) is 0 Å². The Morgan fingerprint density at radius 3 is 2.79 bits per heavy atom. The summed E-state index contributed by atoms with van der Waals surface area (Å²) in [5.74, 6) is 0. The summed E-state index contributed by atoms with van der Waals surface area (Å²) in [5, 5.41) is 19.9. The van der Waals surface area contributed by atoms with Crippen molar-refractivity contribution < 1.29 is 0 Å². The zero-order chi connectivity index (χ0) is 10.2. The summed E-state index contributed by atoms with van der Waals surface area (Å²) < 4.78 is 0. The van der Waals surface area contributed by atoms with E-state index in [1.807, 2.05) is 6.07 Å². The third-order valence-corrected chi connectivity index (χ3v) is 1.67. The first-order valence-electron chi connectivity index (χ1n) is 4.34. The van der Waals surface area contributed by atoms with Crippen LogP contribution in [0.25, 0.3) is 0 Å². The molecule has 0 aliphatic rings. The van der Waals surface area contributed by atoms with E-state index in [9.17, 15) is 0 Å². The summed E-state index contributed by atoms with van der Waals surface area (Å²) in [6.07, 6.45) is 2.98. The van der Waals surface area contributed by atoms with Gasteiger partial charge in [-0.05, 0) is 18.6 Å². The highest BCUT2D eigenvalue weighted by atomic mass is 14.9. The molecule has 0 saturated heterocycles. The van der Waals surface area contributed by atoms with E-state index in [0.29, 0.717) is 12.1 Å². The van der Waals surface area contributed by atoms with E-state index in [4.69, 9.17) is 10.5 Å². The number of anilines is 1. The number of pyridine rings is 1. The van der Waals surface area contributed by atoms with E-state index in [0.717, 1.165) is 18.7 Å². The van der Waals surface area contributed by atoms with Crippen molar-refractivity contribution in [3.05, 3.63) is 24.0 Å². The molecule has 0 fully saturated rings. The lowest BCUT2D eigenvalue weighted by atomic mass is 10.3. The molecule has 1 heterocycles. The number of aromatic nitrogens is 1. The Kier molecular flexibility index (Phi) is 3.97. The number of unbranched alkanes of at least 4 members (excludes halogenated alkanes) is 1. The van der Waals surface area contributed by atoms with Crippen LogP contribution in [0, 0.1) is 22.7 Å². The largest absolute Gasteiger partial charge is 0.384 e. The first-order valence-corrected chi connectivity index (χ1v) is 4.34. The average molecular weight is 186 g/mol. The molecule has 0 radical (unpaired) electrons. The molecule has 4 nitrogen and oxygen atoms in total. The normalized spacial score (nSPS) is 8.71. The van der Waals surface area contributed by atoms with Gasteiger partial charge in [0.05, 0.1) is 18.0 Å². The van der Waals surface area contributed by atoms with Crippen LogP contribution in [0.2, 0.25) is 0 Å². The van der Waals surface area contributed by atoms with Gasteiger partial charge in [0.15, 0.2) is 0 Å². The second-order valence-corrected chi connectivity index (χ2v) is 2.73. The molecule has 1 aromatic heterocycles. The molecule has 0 saturated carbocycles. The Morgan fingerprint density at radius 1 is 1.36 bits per heavy atom. The number of nitrogens with zero attached hydrogens (tertiary/aromatic N) is 3. The number of hydrogen-bond donors (Lipinski definition) is 1. The third-order valence-electron chi connectivity index (χ3n) is 1.67. The molecule has 1 rings (SSSR count). The van der Waals surface area contributed by atoms with Gasteiger partial charge in [-0.3, -0.25) is 0 Å². The monoisotopic (exact) mass is 186 g/mol. The minimum Gasteiger partial charge on any atom is -0.384 e. The maximum absolute atomic E-state index is 8.51. The molecule has 0 aliphatic heterocycles. The lowest BCUT2D eigenvalue weighted by Gasteiger charge is -2.03. The van der Waals surface area contributed by atoms with Crippen molar-refractivity contribution >= 4 is 5.69 Å². The Balaban J connectivity index is 2.38. The zero-order valence-corrected chi connectivity index (χ0v) is 7.70. The van der Waals surface area contributed by atoms with Crippen LogP contribution in [0.15, 0.2) is 18.3 Å². The summed E-state index contributed by atoms with van der Waals surface area (Å²) in [5.41, 5.74) is 1.29. The van der Waals surface area contributed by atoms with E-state index in [2.05, 4.69) is 16.4 Å². The topological polar surface area (TPSA) is 72.5 Å². The Labute approximate surface area is 82.8 Å². The second-order valence-electron chi connectivity index (χ2n) is 2.73. The molecule has 0 aromatic carbocycles. The molecule has 14 heavy (non-hydrogen) atoms. The first kappa shape index (κ1) is 10.0. The first-order chi connectivity index (χ1) is 6.86. The lowest BCUT2D eigenvalue weighted by molar-refractivity contribution is 0.896. The molecular formula is C10H10N4. The van der Waals surface area contributed by atoms with Gasteiger partial charge in [0, 0.05) is 13.0 Å². The van der Waals surface area contributed by atoms with Crippen molar-refractivity contribution in [1.29, 1.82) is 10.5 Å².